The Balaban J connectivity index is 1.54. The Morgan fingerprint density at radius 3 is 1.06 bits per heavy atom. The highest BCUT2D eigenvalue weighted by Crippen LogP contribution is 2.66. The van der Waals surface area contributed by atoms with E-state index in [1.165, 1.54) is 0 Å². The van der Waals surface area contributed by atoms with Crippen molar-refractivity contribution >= 4 is 45.8 Å². The summed E-state index contributed by atoms with van der Waals surface area (Å²) < 4.78 is 102. The van der Waals surface area contributed by atoms with Gasteiger partial charge in [0.25, 0.3) is 0 Å². The molecule has 2 heterocycles. The number of thiophene rings is 2. The number of aryl methyl sites for hydroxylation is 2. The van der Waals surface area contributed by atoms with Gasteiger partial charge in [-0.1, -0.05) is 0 Å². The van der Waals surface area contributed by atoms with Crippen LogP contribution in [0.15, 0.2) is 12.1 Å². The topological polar surface area (TPSA) is 255 Å². The van der Waals surface area contributed by atoms with Gasteiger partial charge in [-0.25, -0.2) is 9.59 Å². The van der Waals surface area contributed by atoms with Crippen LogP contribution in [-0.4, -0.2) is 154 Å². The summed E-state index contributed by atoms with van der Waals surface area (Å²) in [5.74, 6) is -20.4. The van der Waals surface area contributed by atoms with E-state index in [1.54, 1.807) is 0 Å². The molecule has 2 fully saturated rings. The fraction of sp³-hybridized carbons (Fsp3) is 0.586. The molecule has 2 aromatic rings. The number of rotatable bonds is 6. The lowest BCUT2D eigenvalue weighted by Gasteiger charge is -2.40. The first-order valence-corrected chi connectivity index (χ1v) is 16.4. The van der Waals surface area contributed by atoms with Crippen molar-refractivity contribution in [3.05, 3.63) is 42.8 Å². The van der Waals surface area contributed by atoms with Crippen molar-refractivity contribution in [2.45, 2.75) is 105 Å². The fourth-order valence-electron chi connectivity index (χ4n) is 6.03. The first kappa shape index (κ1) is 39.5. The van der Waals surface area contributed by atoms with E-state index in [1.807, 2.05) is 0 Å². The van der Waals surface area contributed by atoms with Crippen LogP contribution in [0.1, 0.15) is 40.2 Å². The zero-order valence-electron chi connectivity index (χ0n) is 25.8. The highest BCUT2D eigenvalue weighted by Gasteiger charge is 2.81. The van der Waals surface area contributed by atoms with Crippen molar-refractivity contribution in [3.8, 4) is 0 Å². The number of ether oxygens (including phenoxy) is 2. The molecule has 0 aromatic carbocycles. The molecule has 0 saturated heterocycles. The number of alkyl halides is 6. The Morgan fingerprint density at radius 1 is 0.529 bits per heavy atom. The van der Waals surface area contributed by atoms with E-state index in [0.29, 0.717) is 0 Å². The van der Waals surface area contributed by atoms with E-state index in [0.717, 1.165) is 26.0 Å². The maximum Gasteiger partial charge on any atom is 0.380 e. The summed E-state index contributed by atoms with van der Waals surface area (Å²) in [5, 5.41) is 99.7. The molecule has 5 rings (SSSR count). The zero-order valence-corrected chi connectivity index (χ0v) is 27.4. The van der Waals surface area contributed by atoms with Crippen molar-refractivity contribution in [1.82, 2.24) is 0 Å². The molecule has 284 valence electrons. The lowest BCUT2D eigenvalue weighted by molar-refractivity contribution is -0.254. The van der Waals surface area contributed by atoms with Crippen LogP contribution in [0, 0.1) is 13.8 Å². The average Bonchev–Trinajstić information content (AvgIpc) is 3.67. The molecular formula is C29H30F6O14S2. The number of carbonyl (C=O) groups excluding carboxylic acids is 2. The molecule has 2 aromatic heterocycles. The highest BCUT2D eigenvalue weighted by molar-refractivity contribution is 7.16. The van der Waals surface area contributed by atoms with Crippen molar-refractivity contribution in [2.75, 3.05) is 0 Å². The van der Waals surface area contributed by atoms with Crippen LogP contribution < -0.4 is 0 Å². The minimum atomic E-state index is -6.08. The number of halogens is 6. The largest absolute Gasteiger partial charge is 0.452 e. The van der Waals surface area contributed by atoms with Crippen LogP contribution in [0.2, 0.25) is 0 Å². The number of carbonyl (C=O) groups is 2. The molecule has 3 aliphatic carbocycles. The van der Waals surface area contributed by atoms with Crippen molar-refractivity contribution in [1.29, 1.82) is 0 Å². The van der Waals surface area contributed by atoms with Gasteiger partial charge in [0, 0.05) is 9.75 Å². The molecule has 2 saturated carbocycles. The average molecular weight is 781 g/mol. The standard InChI is InChI=1S/C29H30F6O14S2/c1-5-3-7(25(46)48-21-17(42)13(38)11(36)14(39)18(21)43)50-23(5)9-10(28(32,33)29(34,35)27(9,30)31)24-6(2)4-8(51-24)26(47)49-22-19(44)15(40)12(37)16(41)20(22)45/h3-4,11-22,36-45H,1-2H3. The van der Waals surface area contributed by atoms with Gasteiger partial charge in [-0.2, -0.15) is 26.3 Å². The predicted molar refractivity (Wildman–Crippen MR) is 158 cm³/mol. The second-order valence-corrected chi connectivity index (χ2v) is 14.5. The van der Waals surface area contributed by atoms with E-state index in [2.05, 4.69) is 0 Å². The third-order valence-electron chi connectivity index (χ3n) is 8.99. The molecule has 3 aliphatic rings. The smallest absolute Gasteiger partial charge is 0.380 e. The molecule has 22 heteroatoms. The Morgan fingerprint density at radius 2 is 0.784 bits per heavy atom. The zero-order chi connectivity index (χ0) is 38.4. The van der Waals surface area contributed by atoms with Crippen LogP contribution in [0.4, 0.5) is 26.3 Å². The number of hydrogen-bond donors (Lipinski definition) is 10. The minimum absolute atomic E-state index is 0.0236. The summed E-state index contributed by atoms with van der Waals surface area (Å²) in [4.78, 5) is 22.6. The van der Waals surface area contributed by atoms with Crippen LogP contribution >= 0.6 is 22.7 Å². The van der Waals surface area contributed by atoms with Gasteiger partial charge >= 0.3 is 29.7 Å². The van der Waals surface area contributed by atoms with E-state index >= 15 is 26.3 Å². The normalized spacial score (nSPS) is 37.4. The molecule has 14 nitrogen and oxygen atoms in total. The number of allylic oxidation sites excluding steroid dienone is 2. The van der Waals surface area contributed by atoms with E-state index in [9.17, 15) is 60.7 Å². The van der Waals surface area contributed by atoms with Gasteiger partial charge in [-0.3, -0.25) is 0 Å². The maximum atomic E-state index is 15.5. The third kappa shape index (κ3) is 5.98. The molecule has 0 radical (unpaired) electrons. The summed E-state index contributed by atoms with van der Waals surface area (Å²) in [6.45, 7) is 1.99. The van der Waals surface area contributed by atoms with Crippen LogP contribution in [0.5, 0.6) is 0 Å². The first-order valence-electron chi connectivity index (χ1n) is 14.7. The lowest BCUT2D eigenvalue weighted by atomic mass is 9.85. The second kappa shape index (κ2) is 13.3. The summed E-state index contributed by atoms with van der Waals surface area (Å²) in [6, 6.07) is 1.57. The molecule has 0 bridgehead atoms. The van der Waals surface area contributed by atoms with E-state index in [4.69, 9.17) is 9.47 Å². The Kier molecular flexibility index (Phi) is 10.3. The molecule has 0 aliphatic heterocycles. The van der Waals surface area contributed by atoms with Gasteiger partial charge in [0.15, 0.2) is 12.2 Å². The quantitative estimate of drug-likeness (QED) is 0.124. The third-order valence-corrected chi connectivity index (χ3v) is 11.5. The number of aliphatic hydroxyl groups excluding tert-OH is 10. The highest BCUT2D eigenvalue weighted by atomic mass is 32.1. The SMILES string of the molecule is Cc1cc(C(=O)OC2C(O)C(O)C(O)C(O)C2O)sc1C1=C(c2sc(C(=O)OC3C(O)C(O)C(O)C(O)C3O)cc2C)C(F)(F)C(F)(F)C1(F)F. The Bertz CT molecular complexity index is 1580. The molecule has 8 unspecified atom stereocenters. The molecule has 51 heavy (non-hydrogen) atoms. The van der Waals surface area contributed by atoms with Gasteiger partial charge in [0.1, 0.15) is 70.8 Å². The van der Waals surface area contributed by atoms with Crippen molar-refractivity contribution < 1.29 is 96.5 Å². The minimum Gasteiger partial charge on any atom is -0.452 e. The fourth-order valence-corrected chi connectivity index (χ4v) is 8.31. The van der Waals surface area contributed by atoms with Gasteiger partial charge in [-0.05, 0) is 37.1 Å². The van der Waals surface area contributed by atoms with Crippen molar-refractivity contribution in [3.63, 3.8) is 0 Å². The van der Waals surface area contributed by atoms with E-state index in [-0.39, 0.29) is 22.7 Å². The predicted octanol–water partition coefficient (Wildman–Crippen LogP) is -1.06. The van der Waals surface area contributed by atoms with Gasteiger partial charge in [0.05, 0.1) is 11.1 Å². The lowest BCUT2D eigenvalue weighted by Crippen LogP contribution is -2.64. The van der Waals surface area contributed by atoms with Crippen LogP contribution in [-0.2, 0) is 9.47 Å². The molecule has 10 N–H and O–H groups in total. The van der Waals surface area contributed by atoms with Gasteiger partial charge in [0.2, 0.25) is 0 Å². The monoisotopic (exact) mass is 780 g/mol. The van der Waals surface area contributed by atoms with Gasteiger partial charge < -0.3 is 60.5 Å². The number of esters is 2. The number of aliphatic hydroxyl groups is 10. The van der Waals surface area contributed by atoms with Crippen molar-refractivity contribution in [2.24, 2.45) is 0 Å². The first-order chi connectivity index (χ1) is 23.4. The van der Waals surface area contributed by atoms with E-state index < -0.39 is 145 Å². The summed E-state index contributed by atoms with van der Waals surface area (Å²) >= 11 is -0.0473. The Labute approximate surface area is 289 Å². The summed E-state index contributed by atoms with van der Waals surface area (Å²) in [7, 11) is 0. The Hall–Kier alpha value is -2.74. The molecule has 0 amide bonds. The summed E-state index contributed by atoms with van der Waals surface area (Å²) in [5.41, 5.74) is -4.73. The summed E-state index contributed by atoms with van der Waals surface area (Å²) in [6.07, 6.45) is -25.6. The van der Waals surface area contributed by atoms with Crippen LogP contribution in [0.3, 0.4) is 0 Å². The van der Waals surface area contributed by atoms with Gasteiger partial charge in [-0.15, -0.1) is 22.7 Å². The van der Waals surface area contributed by atoms with Crippen LogP contribution in [0.25, 0.3) is 11.1 Å². The molecule has 0 spiro atoms. The maximum absolute atomic E-state index is 15.5. The molecule has 8 atom stereocenters. The number of hydrogen-bond acceptors (Lipinski definition) is 16. The molecular weight excluding hydrogens is 750 g/mol. The second-order valence-electron chi connectivity index (χ2n) is 12.4.